The van der Waals surface area contributed by atoms with Gasteiger partial charge >= 0.3 is 18.3 Å². The van der Waals surface area contributed by atoms with Crippen LogP contribution in [-0.2, 0) is 90.9 Å². The maximum Gasteiger partial charge on any atom is 0.408 e. The van der Waals surface area contributed by atoms with Gasteiger partial charge in [0.1, 0.15) is 86.8 Å². The second-order valence-electron chi connectivity index (χ2n) is 31.0. The molecule has 0 aromatic heterocycles. The van der Waals surface area contributed by atoms with E-state index in [1.807, 2.05) is 98.8 Å². The second kappa shape index (κ2) is 46.0. The van der Waals surface area contributed by atoms with Crippen LogP contribution in [0.4, 0.5) is 14.4 Å². The van der Waals surface area contributed by atoms with Crippen molar-refractivity contribution >= 4 is 18.3 Å². The lowest BCUT2D eigenvalue weighted by Gasteiger charge is -2.47. The summed E-state index contributed by atoms with van der Waals surface area (Å²) in [6, 6.07) is 23.9. The molecule has 36 heteroatoms. The molecule has 3 aromatic rings. The largest absolute Gasteiger partial charge is 0.445 e. The summed E-state index contributed by atoms with van der Waals surface area (Å²) in [4.78, 5) is 39.0. The summed E-state index contributed by atoms with van der Waals surface area (Å²) in [5, 5.41) is 115. The maximum atomic E-state index is 13.2. The number of nitrogens with one attached hydrogen (secondary N) is 3. The van der Waals surface area contributed by atoms with Gasteiger partial charge in [0.25, 0.3) is 0 Å². The number of amides is 3. The van der Waals surface area contributed by atoms with Gasteiger partial charge in [-0.15, -0.1) is 0 Å². The third kappa shape index (κ3) is 25.5. The summed E-state index contributed by atoms with van der Waals surface area (Å²) in [5.74, 6) is -2.43. The summed E-state index contributed by atoms with van der Waals surface area (Å²) in [6.45, 7) is 1.94. The Morgan fingerprint density at radius 2 is 0.828 bits per heavy atom. The summed E-state index contributed by atoms with van der Waals surface area (Å²) < 4.78 is 91.0. The smallest absolute Gasteiger partial charge is 0.408 e. The Balaban J connectivity index is 0.000000280. The summed E-state index contributed by atoms with van der Waals surface area (Å²) >= 11 is 0. The SMILES string of the molecule is CC[C@@H]1C=C[C@@H](NC(=O)OCc2ccccc2)[C@@H](O[C@H]2[C@H](O[C@@H]3O[C@H](CO)[C@@H](O[C@H]4O[C@@H](CNC(=O)OCc5ccccc5)C=C[C@H]4NC(=O)OCc4ccccc4)[C@H]3O)[C@@H](O)[C@H](CC(CO)CO)C[C@@H]2C)O1.NC[C@@H]1CC[C@@H](N)[C@@H](O[C@H]2[C@H](O[C@@H]3O[C@H](CO)[C@@H](O[C@H]4O[C@@H](CN)CC[C@H]4N)[C@H]3O)[C@@H](O)[C@H](CC(CO)CO)C[C@@H]2N)O1. The number of hydrogen-bond donors (Lipinski definition) is 18. The average Bonchev–Trinajstić information content (AvgIpc) is 1.44. The summed E-state index contributed by atoms with van der Waals surface area (Å²) in [7, 11) is 0. The standard InChI is InChI=1S/C53H69N3O17.C27H53N5O11/c1-3-38-19-21-40(55-52(63)66-30-34-15-9-5-10-16-34)48(68-38)71-45-32(2)23-37(24-36(26-57)27-58)43(60)47(45)73-50-44(61)46(42(28-59)70-50)72-49-41(56-53(64)67-31-35-17-11-6-12-18-35)22-20-39(69-49)25-54-51(62)65-29-33-13-7-4-8-14-33;28-7-14-1-3-16(30)25(38-14)41-22-18(32)6-13(5-12(9-33)10-34)20(36)24(22)43-27-21(37)23(19(11-35)40-27)42-26-17(31)4-2-15(8-29)39-26/h4-22,32,36-50,57-61H,3,23-31H2,1-2H3,(H,54,62)(H,55,63)(H,56,64);12-27,33-37H,1-11,28-32H2/t32-,37-,38+,39+,40+,41+,42+,43-,44+,45+,46+,47+,48+,49+,50-;13-,14+,15-,16-,17-,18+,19-,20+,21-,22-,23-,24-,25-,26-,27+/m01/s1. The van der Waals surface area contributed by atoms with Gasteiger partial charge in [0.2, 0.25) is 0 Å². The van der Waals surface area contributed by atoms with Gasteiger partial charge in [-0.2, -0.15) is 0 Å². The van der Waals surface area contributed by atoms with Crippen LogP contribution in [0, 0.1) is 29.6 Å². The highest BCUT2D eigenvalue weighted by atomic mass is 16.8. The van der Waals surface area contributed by atoms with Crippen LogP contribution >= 0.6 is 0 Å². The fraction of sp³-hybridized carbons (Fsp3) is 0.688. The van der Waals surface area contributed by atoms with E-state index in [9.17, 15) is 65.4 Å². The van der Waals surface area contributed by atoms with Crippen LogP contribution in [-0.4, -0.2) is 294 Å². The number of hydrogen-bond acceptors (Lipinski definition) is 33. The number of alkyl carbamates (subject to hydrolysis) is 3. The van der Waals surface area contributed by atoms with Crippen LogP contribution in [0.5, 0.6) is 0 Å². The molecule has 6 aliphatic heterocycles. The number of carbonyl (C=O) groups is 3. The predicted molar refractivity (Wildman–Crippen MR) is 410 cm³/mol. The van der Waals surface area contributed by atoms with Crippen LogP contribution in [0.3, 0.4) is 0 Å². The molecule has 0 unspecified atom stereocenters. The van der Waals surface area contributed by atoms with E-state index in [0.29, 0.717) is 44.9 Å². The Labute approximate surface area is 674 Å². The molecule has 2 aliphatic carbocycles. The number of benzene rings is 3. The Morgan fingerprint density at radius 1 is 0.440 bits per heavy atom. The zero-order valence-corrected chi connectivity index (χ0v) is 65.5. The molecule has 36 nitrogen and oxygen atoms in total. The summed E-state index contributed by atoms with van der Waals surface area (Å²) in [6.07, 6.45) is -14.6. The van der Waals surface area contributed by atoms with Gasteiger partial charge < -0.3 is 167 Å². The number of aliphatic hydroxyl groups excluding tert-OH is 10. The molecule has 30 atom stereocenters. The fourth-order valence-electron chi connectivity index (χ4n) is 15.7. The van der Waals surface area contributed by atoms with Crippen LogP contribution in [0.25, 0.3) is 0 Å². The van der Waals surface area contributed by atoms with Gasteiger partial charge in [-0.3, -0.25) is 0 Å². The van der Waals surface area contributed by atoms with Crippen LogP contribution in [0.2, 0.25) is 0 Å². The first kappa shape index (κ1) is 92.2. The minimum atomic E-state index is -1.65. The number of rotatable bonds is 35. The van der Waals surface area contributed by atoms with E-state index in [0.717, 1.165) is 16.7 Å². The highest BCUT2D eigenvalue weighted by Gasteiger charge is 2.56. The van der Waals surface area contributed by atoms with Crippen molar-refractivity contribution in [2.24, 2.45) is 58.3 Å². The van der Waals surface area contributed by atoms with Crippen LogP contribution < -0.4 is 44.6 Å². The minimum absolute atomic E-state index is 0.0218. The minimum Gasteiger partial charge on any atom is -0.445 e. The van der Waals surface area contributed by atoms with Gasteiger partial charge in [-0.05, 0) is 92.2 Å². The molecular weight excluding hydrogens is 1520 g/mol. The molecule has 116 heavy (non-hydrogen) atoms. The maximum absolute atomic E-state index is 13.2. The summed E-state index contributed by atoms with van der Waals surface area (Å²) in [5.41, 5.74) is 33.0. The van der Waals surface area contributed by atoms with Gasteiger partial charge in [-0.1, -0.05) is 129 Å². The number of ether oxygens (including phenoxy) is 15. The monoisotopic (exact) mass is 1640 g/mol. The highest BCUT2D eigenvalue weighted by Crippen LogP contribution is 2.42. The van der Waals surface area contributed by atoms with Crippen molar-refractivity contribution in [2.45, 2.75) is 257 Å². The Morgan fingerprint density at radius 3 is 1.26 bits per heavy atom. The van der Waals surface area contributed by atoms with Gasteiger partial charge in [0.15, 0.2) is 37.7 Å². The van der Waals surface area contributed by atoms with Crippen molar-refractivity contribution < 1.29 is 137 Å². The number of nitrogens with two attached hydrogens (primary N) is 5. The van der Waals surface area contributed by atoms with Crippen LogP contribution in [0.15, 0.2) is 115 Å². The van der Waals surface area contributed by atoms with Gasteiger partial charge in [0.05, 0.1) is 74.6 Å². The zero-order chi connectivity index (χ0) is 83.0. The second-order valence-corrected chi connectivity index (χ2v) is 31.0. The van der Waals surface area contributed by atoms with E-state index < -0.39 is 202 Å². The predicted octanol–water partition coefficient (Wildman–Crippen LogP) is -0.782. The first-order valence-electron chi connectivity index (χ1n) is 40.2. The van der Waals surface area contributed by atoms with E-state index in [4.69, 9.17) is 99.7 Å². The molecule has 8 aliphatic rings. The molecule has 0 radical (unpaired) electrons. The van der Waals surface area contributed by atoms with E-state index >= 15 is 0 Å². The first-order valence-corrected chi connectivity index (χ1v) is 40.2. The Bertz CT molecular complexity index is 3430. The quantitative estimate of drug-likeness (QED) is 0.0254. The lowest BCUT2D eigenvalue weighted by atomic mass is 9.73. The van der Waals surface area contributed by atoms with Gasteiger partial charge in [-0.25, -0.2) is 14.4 Å². The highest BCUT2D eigenvalue weighted by molar-refractivity contribution is 5.69. The van der Waals surface area contributed by atoms with Crippen molar-refractivity contribution in [3.63, 3.8) is 0 Å². The molecule has 3 amide bonds. The topological polar surface area (TPSA) is 558 Å². The lowest BCUT2D eigenvalue weighted by Crippen LogP contribution is -2.62. The fourth-order valence-corrected chi connectivity index (χ4v) is 15.7. The molecule has 23 N–H and O–H groups in total. The molecule has 0 bridgehead atoms. The molecule has 11 rings (SSSR count). The molecule has 6 heterocycles. The van der Waals surface area contributed by atoms with Crippen LogP contribution in [0.1, 0.15) is 88.3 Å². The Kier molecular flexibility index (Phi) is 36.6. The van der Waals surface area contributed by atoms with Crippen molar-refractivity contribution in [1.82, 2.24) is 16.0 Å². The third-order valence-corrected chi connectivity index (χ3v) is 22.4. The van der Waals surface area contributed by atoms with Crippen molar-refractivity contribution in [3.05, 3.63) is 132 Å². The average molecular weight is 1640 g/mol. The van der Waals surface area contributed by atoms with Crippen molar-refractivity contribution in [2.75, 3.05) is 59.3 Å². The number of aliphatic hydroxyl groups is 10. The molecule has 4 saturated heterocycles. The molecular formula is C80H122N8O28. The van der Waals surface area contributed by atoms with E-state index in [-0.39, 0.29) is 103 Å². The molecule has 650 valence electrons. The molecule has 2 saturated carbocycles. The molecule has 0 spiro atoms. The van der Waals surface area contributed by atoms with E-state index in [1.54, 1.807) is 30.4 Å². The number of carbonyl (C=O) groups excluding carboxylic acids is 3. The molecule has 6 fully saturated rings. The normalized spacial score (nSPS) is 36.5. The third-order valence-electron chi connectivity index (χ3n) is 22.4. The Hall–Kier alpha value is -6.13. The zero-order valence-electron chi connectivity index (χ0n) is 65.5. The lowest BCUT2D eigenvalue weighted by molar-refractivity contribution is -0.292. The first-order chi connectivity index (χ1) is 56.1. The van der Waals surface area contributed by atoms with E-state index in [2.05, 4.69) is 16.0 Å². The van der Waals surface area contributed by atoms with Crippen molar-refractivity contribution in [1.29, 1.82) is 0 Å². The van der Waals surface area contributed by atoms with Crippen molar-refractivity contribution in [3.8, 4) is 0 Å². The van der Waals surface area contributed by atoms with Gasteiger partial charge in [0, 0.05) is 57.4 Å². The molecule has 3 aromatic carbocycles. The van der Waals surface area contributed by atoms with E-state index in [1.165, 1.54) is 0 Å².